The van der Waals surface area contributed by atoms with Crippen molar-refractivity contribution in [3.8, 4) is 11.1 Å². The lowest BCUT2D eigenvalue weighted by Crippen LogP contribution is -2.49. The van der Waals surface area contributed by atoms with Crippen molar-refractivity contribution in [2.24, 2.45) is 0 Å². The van der Waals surface area contributed by atoms with E-state index in [2.05, 4.69) is 70.6 Å². The summed E-state index contributed by atoms with van der Waals surface area (Å²) in [5, 5.41) is 4.19. The Kier molecular flexibility index (Phi) is 6.60. The molecule has 1 amide bonds. The van der Waals surface area contributed by atoms with E-state index in [0.29, 0.717) is 6.54 Å². The number of benzene rings is 2. The normalized spacial score (nSPS) is 14.8. The maximum atomic E-state index is 12.1. The van der Waals surface area contributed by atoms with Gasteiger partial charge >= 0.3 is 0 Å². The summed E-state index contributed by atoms with van der Waals surface area (Å²) in [4.78, 5) is 21.6. The minimum absolute atomic E-state index is 0.132. The van der Waals surface area contributed by atoms with Crippen LogP contribution in [0.2, 0.25) is 0 Å². The van der Waals surface area contributed by atoms with Crippen LogP contribution in [0.5, 0.6) is 0 Å². The fraction of sp³-hybridized carbons (Fsp3) is 0.360. The van der Waals surface area contributed by atoms with Crippen LogP contribution >= 0.6 is 0 Å². The second-order valence-electron chi connectivity index (χ2n) is 7.88. The zero-order valence-corrected chi connectivity index (χ0v) is 17.7. The van der Waals surface area contributed by atoms with Gasteiger partial charge in [-0.15, -0.1) is 0 Å². The Bertz CT molecular complexity index is 981. The van der Waals surface area contributed by atoms with Gasteiger partial charge < -0.3 is 10.2 Å². The Balaban J connectivity index is 1.48. The van der Waals surface area contributed by atoms with Crippen LogP contribution in [-0.2, 0) is 4.79 Å². The number of rotatable bonds is 7. The van der Waals surface area contributed by atoms with Gasteiger partial charge in [0.05, 0.1) is 12.1 Å². The Hall–Kier alpha value is -2.92. The number of hydrogen-bond donors (Lipinski definition) is 1. The smallest absolute Gasteiger partial charge is 0.234 e. The summed E-state index contributed by atoms with van der Waals surface area (Å²) in [6.45, 7) is 6.89. The lowest BCUT2D eigenvalue weighted by Gasteiger charge is -2.35. The summed E-state index contributed by atoms with van der Waals surface area (Å²) in [7, 11) is 0. The number of pyridine rings is 1. The third-order valence-electron chi connectivity index (χ3n) is 5.70. The van der Waals surface area contributed by atoms with E-state index in [1.807, 2.05) is 12.1 Å². The lowest BCUT2D eigenvalue weighted by molar-refractivity contribution is -0.122. The summed E-state index contributed by atoms with van der Waals surface area (Å²) in [5.74, 6) is 1.15. The Morgan fingerprint density at radius 1 is 1.00 bits per heavy atom. The number of unbranched alkanes of at least 4 members (excludes halogenated alkanes) is 1. The molecule has 0 atom stereocenters. The second kappa shape index (κ2) is 9.72. The van der Waals surface area contributed by atoms with E-state index < -0.39 is 0 Å². The molecule has 1 N–H and O–H groups in total. The van der Waals surface area contributed by atoms with Crippen molar-refractivity contribution in [2.75, 3.05) is 44.2 Å². The first-order valence-electron chi connectivity index (χ1n) is 10.9. The number of para-hydroxylation sites is 1. The predicted molar refractivity (Wildman–Crippen MR) is 124 cm³/mol. The van der Waals surface area contributed by atoms with Crippen molar-refractivity contribution in [3.63, 3.8) is 0 Å². The summed E-state index contributed by atoms with van der Waals surface area (Å²) in [6.07, 6.45) is 2.14. The minimum atomic E-state index is 0.132. The Morgan fingerprint density at radius 3 is 2.50 bits per heavy atom. The van der Waals surface area contributed by atoms with Crippen molar-refractivity contribution >= 4 is 22.6 Å². The molecular formula is C25H30N4O. The predicted octanol–water partition coefficient (Wildman–Crippen LogP) is 3.94. The highest BCUT2D eigenvalue weighted by molar-refractivity contribution is 5.96. The quantitative estimate of drug-likeness (QED) is 0.608. The number of fused-ring (bicyclic) bond motifs is 1. The molecule has 0 unspecified atom stereocenters. The first-order chi connectivity index (χ1) is 14.7. The minimum Gasteiger partial charge on any atom is -0.355 e. The van der Waals surface area contributed by atoms with E-state index in [1.54, 1.807) is 0 Å². The number of carbonyl (C=O) groups is 1. The second-order valence-corrected chi connectivity index (χ2v) is 7.88. The molecule has 1 saturated heterocycles. The van der Waals surface area contributed by atoms with Gasteiger partial charge in [-0.1, -0.05) is 61.9 Å². The van der Waals surface area contributed by atoms with Gasteiger partial charge in [-0.3, -0.25) is 9.69 Å². The molecule has 156 valence electrons. The van der Waals surface area contributed by atoms with Crippen LogP contribution in [0.1, 0.15) is 19.8 Å². The molecule has 3 aromatic rings. The summed E-state index contributed by atoms with van der Waals surface area (Å²) in [6, 6.07) is 21.1. The molecule has 0 bridgehead atoms. The lowest BCUT2D eigenvalue weighted by atomic mass is 10.0. The van der Waals surface area contributed by atoms with Gasteiger partial charge in [-0.25, -0.2) is 4.98 Å². The highest BCUT2D eigenvalue weighted by atomic mass is 16.2. The van der Waals surface area contributed by atoms with Crippen LogP contribution in [0, 0.1) is 0 Å². The highest BCUT2D eigenvalue weighted by Crippen LogP contribution is 2.31. The van der Waals surface area contributed by atoms with E-state index >= 15 is 0 Å². The number of hydrogen-bond acceptors (Lipinski definition) is 4. The molecule has 1 aliphatic heterocycles. The molecule has 5 heteroatoms. The van der Waals surface area contributed by atoms with Gasteiger partial charge in [-0.05, 0) is 29.7 Å². The molecule has 1 aliphatic rings. The number of anilines is 1. The van der Waals surface area contributed by atoms with E-state index in [1.165, 1.54) is 16.5 Å². The van der Waals surface area contributed by atoms with Gasteiger partial charge in [0, 0.05) is 38.1 Å². The van der Waals surface area contributed by atoms with Crippen LogP contribution in [0.25, 0.3) is 22.0 Å². The van der Waals surface area contributed by atoms with Crippen molar-refractivity contribution in [2.45, 2.75) is 19.8 Å². The third-order valence-corrected chi connectivity index (χ3v) is 5.70. The SMILES string of the molecule is CCCCNC(=O)CN1CCN(c2cc(-c3ccccc3)c3ccccc3n2)CC1. The monoisotopic (exact) mass is 402 g/mol. The number of nitrogens with zero attached hydrogens (tertiary/aromatic N) is 3. The van der Waals surface area contributed by atoms with Crippen LogP contribution in [0.4, 0.5) is 5.82 Å². The van der Waals surface area contributed by atoms with Gasteiger partial charge in [0.25, 0.3) is 0 Å². The van der Waals surface area contributed by atoms with E-state index in [-0.39, 0.29) is 5.91 Å². The van der Waals surface area contributed by atoms with Crippen molar-refractivity contribution in [3.05, 3.63) is 60.7 Å². The standard InChI is InChI=1S/C25H30N4O/c1-2-3-13-26-25(30)19-28-14-16-29(17-15-28)24-18-22(20-9-5-4-6-10-20)21-11-7-8-12-23(21)27-24/h4-12,18H,2-3,13-17,19H2,1H3,(H,26,30). The van der Waals surface area contributed by atoms with Crippen LogP contribution < -0.4 is 10.2 Å². The average molecular weight is 403 g/mol. The van der Waals surface area contributed by atoms with E-state index in [9.17, 15) is 4.79 Å². The molecule has 5 nitrogen and oxygen atoms in total. The van der Waals surface area contributed by atoms with Crippen molar-refractivity contribution in [1.29, 1.82) is 0 Å². The molecule has 1 aromatic heterocycles. The Labute approximate surface area is 178 Å². The molecule has 2 aromatic carbocycles. The maximum absolute atomic E-state index is 12.1. The summed E-state index contributed by atoms with van der Waals surface area (Å²) in [5.41, 5.74) is 3.44. The van der Waals surface area contributed by atoms with E-state index in [0.717, 1.165) is 56.9 Å². The molecule has 30 heavy (non-hydrogen) atoms. The maximum Gasteiger partial charge on any atom is 0.234 e. The first-order valence-corrected chi connectivity index (χ1v) is 10.9. The van der Waals surface area contributed by atoms with Gasteiger partial charge in [0.2, 0.25) is 5.91 Å². The van der Waals surface area contributed by atoms with Gasteiger partial charge in [0.1, 0.15) is 5.82 Å². The topological polar surface area (TPSA) is 48.5 Å². The van der Waals surface area contributed by atoms with Crippen molar-refractivity contribution < 1.29 is 4.79 Å². The van der Waals surface area contributed by atoms with Crippen LogP contribution in [0.3, 0.4) is 0 Å². The number of aromatic nitrogens is 1. The summed E-state index contributed by atoms with van der Waals surface area (Å²) >= 11 is 0. The van der Waals surface area contributed by atoms with Crippen LogP contribution in [0.15, 0.2) is 60.7 Å². The van der Waals surface area contributed by atoms with Crippen LogP contribution in [-0.4, -0.2) is 55.1 Å². The number of amides is 1. The number of piperazine rings is 1. The fourth-order valence-corrected chi connectivity index (χ4v) is 3.98. The number of carbonyl (C=O) groups excluding carboxylic acids is 1. The highest BCUT2D eigenvalue weighted by Gasteiger charge is 2.21. The Morgan fingerprint density at radius 2 is 1.73 bits per heavy atom. The average Bonchev–Trinajstić information content (AvgIpc) is 2.79. The molecule has 4 rings (SSSR count). The molecule has 0 spiro atoms. The number of nitrogens with one attached hydrogen (secondary N) is 1. The third kappa shape index (κ3) is 4.79. The molecule has 0 radical (unpaired) electrons. The molecular weight excluding hydrogens is 372 g/mol. The summed E-state index contributed by atoms with van der Waals surface area (Å²) < 4.78 is 0. The fourth-order valence-electron chi connectivity index (χ4n) is 3.98. The molecule has 2 heterocycles. The molecule has 0 aliphatic carbocycles. The van der Waals surface area contributed by atoms with Gasteiger partial charge in [-0.2, -0.15) is 0 Å². The molecule has 0 saturated carbocycles. The van der Waals surface area contributed by atoms with Gasteiger partial charge in [0.15, 0.2) is 0 Å². The zero-order valence-electron chi connectivity index (χ0n) is 17.7. The zero-order chi connectivity index (χ0) is 20.8. The van der Waals surface area contributed by atoms with E-state index in [4.69, 9.17) is 4.98 Å². The largest absolute Gasteiger partial charge is 0.355 e. The molecule has 1 fully saturated rings. The van der Waals surface area contributed by atoms with Crippen molar-refractivity contribution in [1.82, 2.24) is 15.2 Å². The first kappa shape index (κ1) is 20.4.